The summed E-state index contributed by atoms with van der Waals surface area (Å²) in [4.78, 5) is 2.28. The largest absolute Gasteiger partial charge is 0.489 e. The molecule has 0 saturated carbocycles. The van der Waals surface area contributed by atoms with Crippen molar-refractivity contribution in [3.63, 3.8) is 0 Å². The van der Waals surface area contributed by atoms with Gasteiger partial charge < -0.3 is 10.5 Å². The molecule has 2 aromatic rings. The minimum absolute atomic E-state index is 0. The maximum absolute atomic E-state index is 13.5. The van der Waals surface area contributed by atoms with Crippen LogP contribution in [0.25, 0.3) is 0 Å². The molecule has 23 heavy (non-hydrogen) atoms. The minimum Gasteiger partial charge on any atom is -0.489 e. The van der Waals surface area contributed by atoms with E-state index < -0.39 is 0 Å². The molecule has 0 bridgehead atoms. The Morgan fingerprint density at radius 3 is 2.48 bits per heavy atom. The van der Waals surface area contributed by atoms with E-state index in [0.717, 1.165) is 19.6 Å². The van der Waals surface area contributed by atoms with Gasteiger partial charge in [-0.1, -0.05) is 42.5 Å². The lowest BCUT2D eigenvalue weighted by Crippen LogP contribution is -2.30. The third kappa shape index (κ3) is 4.44. The molecule has 1 aliphatic rings. The first-order valence-electron chi connectivity index (χ1n) is 7.64. The van der Waals surface area contributed by atoms with Crippen molar-refractivity contribution in [1.29, 1.82) is 0 Å². The molecule has 0 aromatic heterocycles. The van der Waals surface area contributed by atoms with Crippen LogP contribution in [0.1, 0.15) is 11.5 Å². The van der Waals surface area contributed by atoms with E-state index in [0.29, 0.717) is 18.3 Å². The molecular weight excluding hydrogens is 315 g/mol. The zero-order chi connectivity index (χ0) is 15.4. The second-order valence-corrected chi connectivity index (χ2v) is 5.72. The van der Waals surface area contributed by atoms with Gasteiger partial charge in [0, 0.05) is 31.6 Å². The number of nitrogens with zero attached hydrogens (tertiary/aromatic N) is 1. The highest BCUT2D eigenvalue weighted by Crippen LogP contribution is 2.26. The Morgan fingerprint density at radius 2 is 1.74 bits per heavy atom. The van der Waals surface area contributed by atoms with E-state index in [1.165, 1.54) is 11.6 Å². The second-order valence-electron chi connectivity index (χ2n) is 5.72. The number of hydrogen-bond donors (Lipinski definition) is 1. The van der Waals surface area contributed by atoms with Crippen LogP contribution in [0.2, 0.25) is 0 Å². The molecule has 1 heterocycles. The average Bonchev–Trinajstić information content (AvgIpc) is 2.91. The molecule has 0 radical (unpaired) electrons. The van der Waals surface area contributed by atoms with Crippen LogP contribution < -0.4 is 10.5 Å². The summed E-state index contributed by atoms with van der Waals surface area (Å²) in [6.45, 7) is 2.99. The molecule has 2 N–H and O–H groups in total. The third-order valence-electron chi connectivity index (χ3n) is 4.17. The second kappa shape index (κ2) is 8.29. The average molecular weight is 337 g/mol. The van der Waals surface area contributed by atoms with E-state index in [2.05, 4.69) is 17.0 Å². The van der Waals surface area contributed by atoms with Crippen molar-refractivity contribution in [3.05, 3.63) is 66.0 Å². The van der Waals surface area contributed by atoms with Gasteiger partial charge in [0.1, 0.15) is 6.61 Å². The summed E-state index contributed by atoms with van der Waals surface area (Å²) in [6, 6.07) is 17.0. The number of benzene rings is 2. The van der Waals surface area contributed by atoms with Gasteiger partial charge in [-0.3, -0.25) is 4.90 Å². The Morgan fingerprint density at radius 1 is 1.04 bits per heavy atom. The summed E-state index contributed by atoms with van der Waals surface area (Å²) < 4.78 is 19.0. The van der Waals surface area contributed by atoms with E-state index in [9.17, 15) is 4.39 Å². The number of rotatable bonds is 5. The number of ether oxygens (including phenoxy) is 1. The van der Waals surface area contributed by atoms with Crippen LogP contribution in [0.5, 0.6) is 5.75 Å². The smallest absolute Gasteiger partial charge is 0.165 e. The van der Waals surface area contributed by atoms with Crippen LogP contribution in [-0.4, -0.2) is 37.2 Å². The predicted molar refractivity (Wildman–Crippen MR) is 92.7 cm³/mol. The molecular formula is C18H22ClFN2O. The maximum Gasteiger partial charge on any atom is 0.165 e. The SMILES string of the molecule is Cl.N[C@@H]1CN(CCOc2ccccc2F)C[C@H]1c1ccccc1. The Hall–Kier alpha value is -1.62. The van der Waals surface area contributed by atoms with E-state index in [1.807, 2.05) is 18.2 Å². The van der Waals surface area contributed by atoms with Gasteiger partial charge in [0.15, 0.2) is 11.6 Å². The molecule has 0 aliphatic carbocycles. The fourth-order valence-corrected chi connectivity index (χ4v) is 3.00. The zero-order valence-electron chi connectivity index (χ0n) is 12.9. The number of halogens is 2. The molecule has 5 heteroatoms. The lowest BCUT2D eigenvalue weighted by molar-refractivity contribution is 0.228. The van der Waals surface area contributed by atoms with Gasteiger partial charge >= 0.3 is 0 Å². The van der Waals surface area contributed by atoms with Crippen LogP contribution in [0.15, 0.2) is 54.6 Å². The first-order valence-corrected chi connectivity index (χ1v) is 7.64. The topological polar surface area (TPSA) is 38.5 Å². The lowest BCUT2D eigenvalue weighted by atomic mass is 9.95. The number of hydrogen-bond acceptors (Lipinski definition) is 3. The molecule has 1 aliphatic heterocycles. The van der Waals surface area contributed by atoms with Gasteiger partial charge in [0.25, 0.3) is 0 Å². The number of para-hydroxylation sites is 1. The third-order valence-corrected chi connectivity index (χ3v) is 4.17. The van der Waals surface area contributed by atoms with E-state index >= 15 is 0 Å². The van der Waals surface area contributed by atoms with Crippen LogP contribution in [0.3, 0.4) is 0 Å². The summed E-state index contributed by atoms with van der Waals surface area (Å²) in [6.07, 6.45) is 0. The van der Waals surface area contributed by atoms with Crippen molar-refractivity contribution in [2.45, 2.75) is 12.0 Å². The van der Waals surface area contributed by atoms with Gasteiger partial charge in [-0.05, 0) is 17.7 Å². The van der Waals surface area contributed by atoms with Crippen molar-refractivity contribution >= 4 is 12.4 Å². The van der Waals surface area contributed by atoms with Gasteiger partial charge in [0.2, 0.25) is 0 Å². The van der Waals surface area contributed by atoms with Crippen LogP contribution in [0.4, 0.5) is 4.39 Å². The molecule has 0 spiro atoms. The van der Waals surface area contributed by atoms with Gasteiger partial charge in [0.05, 0.1) is 0 Å². The number of likely N-dealkylation sites (tertiary alicyclic amines) is 1. The molecule has 2 aromatic carbocycles. The van der Waals surface area contributed by atoms with Crippen molar-refractivity contribution in [2.75, 3.05) is 26.2 Å². The molecule has 0 unspecified atom stereocenters. The van der Waals surface area contributed by atoms with E-state index in [1.54, 1.807) is 18.2 Å². The van der Waals surface area contributed by atoms with Crippen LogP contribution >= 0.6 is 12.4 Å². The Kier molecular flexibility index (Phi) is 6.39. The summed E-state index contributed by atoms with van der Waals surface area (Å²) in [7, 11) is 0. The first kappa shape index (κ1) is 17.7. The summed E-state index contributed by atoms with van der Waals surface area (Å²) >= 11 is 0. The standard InChI is InChI=1S/C18H21FN2O.ClH/c19-16-8-4-5-9-18(16)22-11-10-21-12-15(17(20)13-21)14-6-2-1-3-7-14;/h1-9,15,17H,10-13,20H2;1H/t15-,17+;/m0./s1. The Labute approximate surface area is 142 Å². The van der Waals surface area contributed by atoms with E-state index in [4.69, 9.17) is 10.5 Å². The molecule has 124 valence electrons. The monoisotopic (exact) mass is 336 g/mol. The normalized spacial score (nSPS) is 21.0. The van der Waals surface area contributed by atoms with Crippen molar-refractivity contribution in [3.8, 4) is 5.75 Å². The van der Waals surface area contributed by atoms with Crippen molar-refractivity contribution in [1.82, 2.24) is 4.90 Å². The summed E-state index contributed by atoms with van der Waals surface area (Å²) in [5.41, 5.74) is 7.55. The van der Waals surface area contributed by atoms with E-state index in [-0.39, 0.29) is 24.3 Å². The molecule has 0 amide bonds. The Bertz CT molecular complexity index is 611. The summed E-state index contributed by atoms with van der Waals surface area (Å²) in [5.74, 6) is 0.350. The van der Waals surface area contributed by atoms with Crippen molar-refractivity contribution < 1.29 is 9.13 Å². The molecule has 1 saturated heterocycles. The molecule has 3 nitrogen and oxygen atoms in total. The molecule has 1 fully saturated rings. The highest BCUT2D eigenvalue weighted by atomic mass is 35.5. The highest BCUT2D eigenvalue weighted by Gasteiger charge is 2.30. The van der Waals surface area contributed by atoms with Crippen LogP contribution in [-0.2, 0) is 0 Å². The lowest BCUT2D eigenvalue weighted by Gasteiger charge is -2.16. The van der Waals surface area contributed by atoms with Crippen molar-refractivity contribution in [2.24, 2.45) is 5.73 Å². The fourth-order valence-electron chi connectivity index (χ4n) is 3.00. The predicted octanol–water partition coefficient (Wildman–Crippen LogP) is 3.05. The van der Waals surface area contributed by atoms with Gasteiger partial charge in [-0.2, -0.15) is 0 Å². The van der Waals surface area contributed by atoms with Crippen LogP contribution in [0, 0.1) is 5.82 Å². The molecule has 3 rings (SSSR count). The fraction of sp³-hybridized carbons (Fsp3) is 0.333. The maximum atomic E-state index is 13.5. The first-order chi connectivity index (χ1) is 10.7. The van der Waals surface area contributed by atoms with Gasteiger partial charge in [-0.15, -0.1) is 12.4 Å². The zero-order valence-corrected chi connectivity index (χ0v) is 13.7. The minimum atomic E-state index is -0.317. The quantitative estimate of drug-likeness (QED) is 0.912. The molecule has 2 atom stereocenters. The summed E-state index contributed by atoms with van der Waals surface area (Å²) in [5, 5.41) is 0. The number of nitrogens with two attached hydrogens (primary N) is 1. The van der Waals surface area contributed by atoms with Gasteiger partial charge in [-0.25, -0.2) is 4.39 Å². The Balaban J connectivity index is 0.00000192. The highest BCUT2D eigenvalue weighted by molar-refractivity contribution is 5.85.